The van der Waals surface area contributed by atoms with Gasteiger partial charge in [0, 0.05) is 40.5 Å². The van der Waals surface area contributed by atoms with Crippen molar-refractivity contribution in [1.29, 1.82) is 0 Å². The number of carbonyl (C=O) groups is 2. The Morgan fingerprint density at radius 1 is 1.00 bits per heavy atom. The third-order valence-electron chi connectivity index (χ3n) is 4.95. The van der Waals surface area contributed by atoms with E-state index >= 15 is 0 Å². The fourth-order valence-corrected chi connectivity index (χ4v) is 3.52. The molecule has 1 N–H and O–H groups in total. The van der Waals surface area contributed by atoms with Gasteiger partial charge < -0.3 is 19.7 Å². The molecule has 0 aromatic rings. The average molecular weight is 512 g/mol. The van der Waals surface area contributed by atoms with Crippen LogP contribution < -0.4 is 5.32 Å². The first-order valence-corrected chi connectivity index (χ1v) is 11.7. The van der Waals surface area contributed by atoms with Crippen LogP contribution in [-0.4, -0.2) is 81.4 Å². The zero-order valence-corrected chi connectivity index (χ0v) is 21.3. The quantitative estimate of drug-likeness (QED) is 0.395. The molecule has 30 heavy (non-hydrogen) atoms. The first kappa shape index (κ1) is 32.4. The van der Waals surface area contributed by atoms with Crippen molar-refractivity contribution in [3.63, 3.8) is 0 Å². The summed E-state index contributed by atoms with van der Waals surface area (Å²) in [7, 11) is 3.49. The third-order valence-corrected chi connectivity index (χ3v) is 5.69. The summed E-state index contributed by atoms with van der Waals surface area (Å²) in [5, 5.41) is 2.88. The van der Waals surface area contributed by atoms with E-state index in [1.807, 2.05) is 4.90 Å². The number of carbonyl (C=O) groups excluding carboxylic acids is 2. The number of methoxy groups -OCH3 is 2. The number of piperidine rings is 2. The van der Waals surface area contributed by atoms with Crippen LogP contribution in [0.2, 0.25) is 0 Å². The van der Waals surface area contributed by atoms with Gasteiger partial charge >= 0.3 is 0 Å². The normalized spacial score (nSPS) is 20.6. The molecule has 0 aromatic heterocycles. The second kappa shape index (κ2) is 22.4. The Morgan fingerprint density at radius 2 is 1.57 bits per heavy atom. The van der Waals surface area contributed by atoms with Gasteiger partial charge in [-0.1, -0.05) is 0 Å². The van der Waals surface area contributed by atoms with Gasteiger partial charge in [0.15, 0.2) is 0 Å². The van der Waals surface area contributed by atoms with Crippen molar-refractivity contribution >= 4 is 58.4 Å². The van der Waals surface area contributed by atoms with Crippen LogP contribution in [0.1, 0.15) is 38.5 Å². The van der Waals surface area contributed by atoms with Gasteiger partial charge in [0.05, 0.1) is 5.88 Å². The Morgan fingerprint density at radius 3 is 2.03 bits per heavy atom. The molecular weight excluding hydrogens is 474 g/mol. The highest BCUT2D eigenvalue weighted by molar-refractivity contribution is 6.67. The first-order valence-electron chi connectivity index (χ1n) is 10.2. The molecule has 6 nitrogen and oxygen atoms in total. The molecule has 2 rings (SSSR count). The minimum absolute atomic E-state index is 0. The van der Waals surface area contributed by atoms with Crippen LogP contribution in [0.5, 0.6) is 0 Å². The Labute approximate surface area is 203 Å². The number of alkyl halides is 2. The fourth-order valence-electron chi connectivity index (χ4n) is 3.35. The summed E-state index contributed by atoms with van der Waals surface area (Å²) >= 11 is 15.1. The predicted molar refractivity (Wildman–Crippen MR) is 127 cm³/mol. The molecule has 2 aliphatic rings. The molecule has 180 valence electrons. The molecule has 2 saturated heterocycles. The van der Waals surface area contributed by atoms with Crippen LogP contribution in [0.15, 0.2) is 0 Å². The molecule has 2 aliphatic heterocycles. The molecule has 0 bridgehead atoms. The van der Waals surface area contributed by atoms with Crippen LogP contribution >= 0.6 is 47.2 Å². The van der Waals surface area contributed by atoms with E-state index < -0.39 is 5.24 Å². The highest BCUT2D eigenvalue weighted by Crippen LogP contribution is 2.19. The van der Waals surface area contributed by atoms with Gasteiger partial charge in [0.1, 0.15) is 5.88 Å². The van der Waals surface area contributed by atoms with E-state index in [0.29, 0.717) is 5.92 Å². The molecular formula is C20H38Cl4N2O4. The van der Waals surface area contributed by atoms with Crippen LogP contribution in [0, 0.1) is 11.8 Å². The van der Waals surface area contributed by atoms with Crippen molar-refractivity contribution in [3.05, 3.63) is 0 Å². The Balaban J connectivity index is 0. The van der Waals surface area contributed by atoms with Gasteiger partial charge in [0.25, 0.3) is 0 Å². The molecule has 0 saturated carbocycles. The molecule has 0 spiro atoms. The number of ether oxygens (including phenoxy) is 2. The first-order chi connectivity index (χ1) is 14.0. The van der Waals surface area contributed by atoms with Crippen molar-refractivity contribution < 1.29 is 19.1 Å². The van der Waals surface area contributed by atoms with Gasteiger partial charge in [-0.05, 0) is 75.1 Å². The zero-order chi connectivity index (χ0) is 21.9. The lowest BCUT2D eigenvalue weighted by Gasteiger charge is -2.32. The fraction of sp³-hybridized carbons (Fsp3) is 0.900. The lowest BCUT2D eigenvalue weighted by Crippen LogP contribution is -2.40. The number of nitrogens with one attached hydrogen (secondary N) is 1. The summed E-state index contributed by atoms with van der Waals surface area (Å²) < 4.78 is 10.1. The molecule has 0 radical (unpaired) electrons. The van der Waals surface area contributed by atoms with Crippen LogP contribution in [-0.2, 0) is 19.1 Å². The summed E-state index contributed by atoms with van der Waals surface area (Å²) in [5.41, 5.74) is 0. The highest BCUT2D eigenvalue weighted by Gasteiger charge is 2.22. The second-order valence-electron chi connectivity index (χ2n) is 7.25. The van der Waals surface area contributed by atoms with Crippen LogP contribution in [0.3, 0.4) is 0 Å². The van der Waals surface area contributed by atoms with E-state index in [1.165, 1.54) is 38.8 Å². The summed E-state index contributed by atoms with van der Waals surface area (Å²) in [6, 6.07) is 0. The number of rotatable bonds is 8. The molecule has 2 fully saturated rings. The van der Waals surface area contributed by atoms with Crippen LogP contribution in [0.4, 0.5) is 0 Å². The van der Waals surface area contributed by atoms with Crippen molar-refractivity contribution in [2.45, 2.75) is 38.5 Å². The smallest absolute Gasteiger partial charge is 0.237 e. The number of halogens is 4. The molecule has 10 heteroatoms. The van der Waals surface area contributed by atoms with Crippen molar-refractivity contribution in [3.8, 4) is 0 Å². The van der Waals surface area contributed by atoms with E-state index in [-0.39, 0.29) is 30.1 Å². The van der Waals surface area contributed by atoms with Gasteiger partial charge in [0.2, 0.25) is 11.1 Å². The lowest BCUT2D eigenvalue weighted by atomic mass is 9.95. The van der Waals surface area contributed by atoms with E-state index in [0.717, 1.165) is 45.1 Å². The van der Waals surface area contributed by atoms with E-state index in [2.05, 4.69) is 5.32 Å². The monoisotopic (exact) mass is 510 g/mol. The third kappa shape index (κ3) is 17.8. The Kier molecular flexibility index (Phi) is 24.1. The minimum Gasteiger partial charge on any atom is -0.385 e. The number of amides is 1. The number of nitrogens with zero attached hydrogens (tertiary/aromatic N) is 1. The predicted octanol–water partition coefficient (Wildman–Crippen LogP) is 3.94. The SMILES string of the molecule is COCC[C@@H]1CCCN(C(=O)CCl)C1.COCC[C@@H]1CCCNC1.Cl.O=C(Cl)CCl. The van der Waals surface area contributed by atoms with Crippen molar-refractivity contribution in [1.82, 2.24) is 10.2 Å². The van der Waals surface area contributed by atoms with Crippen molar-refractivity contribution in [2.24, 2.45) is 11.8 Å². The maximum absolute atomic E-state index is 11.3. The maximum Gasteiger partial charge on any atom is 0.237 e. The number of hydrogen-bond donors (Lipinski definition) is 1. The number of hydrogen-bond acceptors (Lipinski definition) is 5. The molecule has 0 unspecified atom stereocenters. The summed E-state index contributed by atoms with van der Waals surface area (Å²) in [6.07, 6.45) is 7.29. The van der Waals surface area contributed by atoms with E-state index in [4.69, 9.17) is 44.3 Å². The van der Waals surface area contributed by atoms with Gasteiger partial charge in [-0.15, -0.1) is 35.6 Å². The Hall–Kier alpha value is 0.180. The maximum atomic E-state index is 11.3. The van der Waals surface area contributed by atoms with Crippen LogP contribution in [0.25, 0.3) is 0 Å². The second-order valence-corrected chi connectivity index (χ2v) is 8.20. The standard InChI is InChI=1S/C10H18ClNO2.C8H17NO.C2H2Cl2O.ClH/c1-14-6-4-9-3-2-5-12(8-9)10(13)7-11;1-10-6-4-8-3-2-5-9-7-8;3-1-2(4)5;/h9H,2-8H2,1H3;8-9H,2-7H2,1H3;1H2;1H/t9-;8-;;/m00../s1. The van der Waals surface area contributed by atoms with E-state index in [9.17, 15) is 9.59 Å². The van der Waals surface area contributed by atoms with Gasteiger partial charge in [-0.3, -0.25) is 9.59 Å². The molecule has 0 aromatic carbocycles. The Bertz CT molecular complexity index is 428. The van der Waals surface area contributed by atoms with Gasteiger partial charge in [-0.2, -0.15) is 0 Å². The number of likely N-dealkylation sites (tertiary alicyclic amines) is 1. The molecule has 2 atom stereocenters. The summed E-state index contributed by atoms with van der Waals surface area (Å²) in [4.78, 5) is 22.7. The molecule has 2 heterocycles. The largest absolute Gasteiger partial charge is 0.385 e. The summed E-state index contributed by atoms with van der Waals surface area (Å²) in [5.74, 6) is 1.54. The minimum atomic E-state index is -0.508. The summed E-state index contributed by atoms with van der Waals surface area (Å²) in [6.45, 7) is 5.84. The van der Waals surface area contributed by atoms with E-state index in [1.54, 1.807) is 14.2 Å². The molecule has 1 amide bonds. The zero-order valence-electron chi connectivity index (χ0n) is 18.2. The van der Waals surface area contributed by atoms with Crippen molar-refractivity contribution in [2.75, 3.05) is 65.4 Å². The van der Waals surface area contributed by atoms with Gasteiger partial charge in [-0.25, -0.2) is 0 Å². The topological polar surface area (TPSA) is 67.9 Å². The highest BCUT2D eigenvalue weighted by atomic mass is 35.5. The molecule has 0 aliphatic carbocycles. The average Bonchev–Trinajstić information content (AvgIpc) is 2.77. The lowest BCUT2D eigenvalue weighted by molar-refractivity contribution is -0.130.